The lowest BCUT2D eigenvalue weighted by Crippen LogP contribution is -2.73. The predicted octanol–water partition coefficient (Wildman–Crippen LogP) is 0.757. The summed E-state index contributed by atoms with van der Waals surface area (Å²) in [6.45, 7) is 2.53. The topological polar surface area (TPSA) is 61.9 Å². The molecule has 2 aliphatic carbocycles. The first kappa shape index (κ1) is 16.3. The van der Waals surface area contributed by atoms with Crippen molar-refractivity contribution in [3.05, 3.63) is 0 Å². The maximum Gasteiger partial charge on any atom is 0.239 e. The minimum absolute atomic E-state index is 0.0981. The lowest BCUT2D eigenvalue weighted by molar-refractivity contribution is -0.204. The molecule has 1 atom stereocenters. The number of likely N-dealkylation sites (tertiary alicyclic amines) is 1. The molecule has 2 heterocycles. The third-order valence-corrected chi connectivity index (χ3v) is 6.35. The molecule has 4 rings (SSSR count). The molecule has 2 aliphatic heterocycles. The Hall–Kier alpha value is -1.14. The monoisotopic (exact) mass is 335 g/mol. The first-order valence-corrected chi connectivity index (χ1v) is 9.50. The number of morpholine rings is 1. The quantitative estimate of drug-likeness (QED) is 0.827. The van der Waals surface area contributed by atoms with Gasteiger partial charge in [-0.2, -0.15) is 0 Å². The summed E-state index contributed by atoms with van der Waals surface area (Å²) >= 11 is 0. The Balaban J connectivity index is 1.27. The summed E-state index contributed by atoms with van der Waals surface area (Å²) in [6, 6.07) is 0.147. The van der Waals surface area contributed by atoms with E-state index in [4.69, 9.17) is 4.74 Å². The molecule has 0 aromatic heterocycles. The van der Waals surface area contributed by atoms with Crippen LogP contribution in [0.4, 0.5) is 0 Å². The van der Waals surface area contributed by atoms with Gasteiger partial charge in [-0.05, 0) is 32.7 Å². The Morgan fingerprint density at radius 1 is 1.04 bits per heavy atom. The molecule has 24 heavy (non-hydrogen) atoms. The van der Waals surface area contributed by atoms with Crippen molar-refractivity contribution >= 4 is 11.8 Å². The van der Waals surface area contributed by atoms with Crippen molar-refractivity contribution in [2.45, 2.75) is 62.6 Å². The summed E-state index contributed by atoms with van der Waals surface area (Å²) in [5.41, 5.74) is -0.252. The summed E-state index contributed by atoms with van der Waals surface area (Å²) in [4.78, 5) is 28.8. The number of likely N-dealkylation sites (N-methyl/N-ethyl adjacent to an activating group) is 1. The predicted molar refractivity (Wildman–Crippen MR) is 89.4 cm³/mol. The largest absolute Gasteiger partial charge is 0.368 e. The summed E-state index contributed by atoms with van der Waals surface area (Å²) in [6.07, 6.45) is 7.92. The molecular formula is C18H29N3O3. The van der Waals surface area contributed by atoms with Crippen molar-refractivity contribution in [2.75, 3.05) is 33.3 Å². The number of amides is 2. The minimum atomic E-state index is -0.252. The molecule has 0 aromatic rings. The van der Waals surface area contributed by atoms with Gasteiger partial charge in [0.1, 0.15) is 11.6 Å². The summed E-state index contributed by atoms with van der Waals surface area (Å²) in [5, 5.41) is 3.17. The van der Waals surface area contributed by atoms with E-state index >= 15 is 0 Å². The molecular weight excluding hydrogens is 306 g/mol. The van der Waals surface area contributed by atoms with E-state index in [9.17, 15) is 9.59 Å². The number of hydrogen-bond donors (Lipinski definition) is 1. The second-order valence-corrected chi connectivity index (χ2v) is 8.24. The number of rotatable bonds is 3. The second-order valence-electron chi connectivity index (χ2n) is 8.24. The number of carbonyl (C=O) groups excluding carboxylic acids is 2. The van der Waals surface area contributed by atoms with Crippen LogP contribution in [0.25, 0.3) is 0 Å². The zero-order valence-electron chi connectivity index (χ0n) is 14.6. The minimum Gasteiger partial charge on any atom is -0.368 e. The van der Waals surface area contributed by atoms with E-state index < -0.39 is 0 Å². The molecule has 4 aliphatic rings. The lowest BCUT2D eigenvalue weighted by Gasteiger charge is -2.55. The normalized spacial score (nSPS) is 30.9. The molecule has 4 fully saturated rings. The van der Waals surface area contributed by atoms with Crippen LogP contribution in [0, 0.1) is 5.92 Å². The zero-order valence-corrected chi connectivity index (χ0v) is 14.6. The number of nitrogens with one attached hydrogen (secondary N) is 1. The van der Waals surface area contributed by atoms with Gasteiger partial charge in [-0.1, -0.05) is 19.3 Å². The van der Waals surface area contributed by atoms with Crippen LogP contribution in [-0.2, 0) is 14.3 Å². The van der Waals surface area contributed by atoms with Crippen molar-refractivity contribution < 1.29 is 14.3 Å². The molecule has 6 heteroatoms. The highest BCUT2D eigenvalue weighted by Gasteiger charge is 2.52. The SMILES string of the molecule is CN1CC2(CN(C(=O)C3CCC3)C2)OC[C@@H]1C(=O)NC1CCCC1. The average Bonchev–Trinajstić information content (AvgIpc) is 2.95. The Labute approximate surface area is 143 Å². The van der Waals surface area contributed by atoms with Crippen molar-refractivity contribution in [3.8, 4) is 0 Å². The van der Waals surface area contributed by atoms with Crippen LogP contribution in [0.5, 0.6) is 0 Å². The molecule has 6 nitrogen and oxygen atoms in total. The van der Waals surface area contributed by atoms with Crippen LogP contribution in [0.2, 0.25) is 0 Å². The van der Waals surface area contributed by atoms with E-state index in [0.29, 0.717) is 31.6 Å². The third-order valence-electron chi connectivity index (χ3n) is 6.35. The standard InChI is InChI=1S/C18H29N3O3/c1-20-10-18(11-21(12-18)17(23)13-5-4-6-13)24-9-15(20)16(22)19-14-7-2-3-8-14/h13-15H,2-12H2,1H3,(H,19,22)/t15-/m1/s1. The molecule has 1 spiro atoms. The fraction of sp³-hybridized carbons (Fsp3) is 0.889. The van der Waals surface area contributed by atoms with Crippen molar-refractivity contribution in [3.63, 3.8) is 0 Å². The lowest BCUT2D eigenvalue weighted by atomic mass is 9.81. The van der Waals surface area contributed by atoms with E-state index in [0.717, 1.165) is 32.2 Å². The van der Waals surface area contributed by atoms with E-state index in [1.807, 2.05) is 11.9 Å². The highest BCUT2D eigenvalue weighted by Crippen LogP contribution is 2.35. The van der Waals surface area contributed by atoms with Gasteiger partial charge in [0.05, 0.1) is 19.7 Å². The van der Waals surface area contributed by atoms with Crippen LogP contribution in [-0.4, -0.2) is 72.6 Å². The first-order chi connectivity index (χ1) is 11.6. The molecule has 0 bridgehead atoms. The molecule has 2 saturated carbocycles. The summed E-state index contributed by atoms with van der Waals surface area (Å²) in [7, 11) is 2.00. The maximum atomic E-state index is 12.5. The highest BCUT2D eigenvalue weighted by atomic mass is 16.5. The highest BCUT2D eigenvalue weighted by molar-refractivity contribution is 5.82. The number of hydrogen-bond acceptors (Lipinski definition) is 4. The molecule has 0 radical (unpaired) electrons. The number of nitrogens with zero attached hydrogens (tertiary/aromatic N) is 2. The van der Waals surface area contributed by atoms with Crippen LogP contribution in [0.1, 0.15) is 44.9 Å². The van der Waals surface area contributed by atoms with Gasteiger partial charge < -0.3 is 15.0 Å². The Kier molecular flexibility index (Phi) is 4.29. The maximum absolute atomic E-state index is 12.5. The molecule has 2 amide bonds. The van der Waals surface area contributed by atoms with Gasteiger partial charge in [0.2, 0.25) is 11.8 Å². The number of ether oxygens (including phenoxy) is 1. The fourth-order valence-electron chi connectivity index (χ4n) is 4.55. The van der Waals surface area contributed by atoms with Gasteiger partial charge >= 0.3 is 0 Å². The van der Waals surface area contributed by atoms with Crippen LogP contribution in [0.15, 0.2) is 0 Å². The second kappa shape index (κ2) is 6.30. The summed E-state index contributed by atoms with van der Waals surface area (Å²) in [5.74, 6) is 0.661. The Morgan fingerprint density at radius 3 is 2.33 bits per heavy atom. The van der Waals surface area contributed by atoms with E-state index in [2.05, 4.69) is 10.2 Å². The fourth-order valence-corrected chi connectivity index (χ4v) is 4.55. The van der Waals surface area contributed by atoms with Gasteiger partial charge in [0, 0.05) is 18.5 Å². The smallest absolute Gasteiger partial charge is 0.239 e. The third kappa shape index (κ3) is 2.94. The Morgan fingerprint density at radius 2 is 1.75 bits per heavy atom. The molecule has 134 valence electrons. The van der Waals surface area contributed by atoms with Crippen molar-refractivity contribution in [2.24, 2.45) is 5.92 Å². The molecule has 0 aromatic carbocycles. The average molecular weight is 335 g/mol. The van der Waals surface area contributed by atoms with Crippen molar-refractivity contribution in [1.82, 2.24) is 15.1 Å². The van der Waals surface area contributed by atoms with Crippen LogP contribution >= 0.6 is 0 Å². The molecule has 0 unspecified atom stereocenters. The molecule has 1 N–H and O–H groups in total. The zero-order chi connectivity index (χ0) is 16.7. The van der Waals surface area contributed by atoms with Gasteiger partial charge in [-0.15, -0.1) is 0 Å². The first-order valence-electron chi connectivity index (χ1n) is 9.50. The summed E-state index contributed by atoms with van der Waals surface area (Å²) < 4.78 is 6.09. The van der Waals surface area contributed by atoms with Gasteiger partial charge in [-0.25, -0.2) is 0 Å². The van der Waals surface area contributed by atoms with Gasteiger partial charge in [-0.3, -0.25) is 14.5 Å². The Bertz CT molecular complexity index is 508. The van der Waals surface area contributed by atoms with E-state index in [1.54, 1.807) is 0 Å². The van der Waals surface area contributed by atoms with Crippen LogP contribution < -0.4 is 5.32 Å². The van der Waals surface area contributed by atoms with Crippen molar-refractivity contribution in [1.29, 1.82) is 0 Å². The van der Waals surface area contributed by atoms with E-state index in [1.165, 1.54) is 19.3 Å². The molecule has 2 saturated heterocycles. The van der Waals surface area contributed by atoms with Gasteiger partial charge in [0.25, 0.3) is 0 Å². The van der Waals surface area contributed by atoms with Crippen LogP contribution in [0.3, 0.4) is 0 Å². The van der Waals surface area contributed by atoms with Gasteiger partial charge in [0.15, 0.2) is 0 Å². The number of carbonyl (C=O) groups is 2. The van der Waals surface area contributed by atoms with E-state index in [-0.39, 0.29) is 23.5 Å².